The van der Waals surface area contributed by atoms with Gasteiger partial charge >= 0.3 is 0 Å². The predicted molar refractivity (Wildman–Crippen MR) is 92.6 cm³/mol. The molecule has 25 heavy (non-hydrogen) atoms. The van der Waals surface area contributed by atoms with Crippen LogP contribution in [-0.4, -0.2) is 34.5 Å². The summed E-state index contributed by atoms with van der Waals surface area (Å²) in [5, 5.41) is 9.59. The molecule has 0 atom stereocenters. The predicted octanol–water partition coefficient (Wildman–Crippen LogP) is 2.91. The van der Waals surface area contributed by atoms with E-state index in [1.807, 2.05) is 6.92 Å². The number of carbonyl (C=O) groups excluding carboxylic acids is 2. The number of nitrogens with zero attached hydrogens (tertiary/aromatic N) is 3. The highest BCUT2D eigenvalue weighted by molar-refractivity contribution is 6.10. The van der Waals surface area contributed by atoms with Crippen LogP contribution in [0.1, 0.15) is 60.6 Å². The zero-order valence-electron chi connectivity index (χ0n) is 14.5. The van der Waals surface area contributed by atoms with Crippen LogP contribution in [0.4, 0.5) is 0 Å². The molecule has 2 heterocycles. The molecule has 2 fully saturated rings. The average Bonchev–Trinajstić information content (AvgIpc) is 3.39. The van der Waals surface area contributed by atoms with Crippen molar-refractivity contribution >= 4 is 17.3 Å². The maximum Gasteiger partial charge on any atom is 0.180 e. The maximum atomic E-state index is 12.5. The van der Waals surface area contributed by atoms with Crippen molar-refractivity contribution in [2.45, 2.75) is 45.4 Å². The molecule has 5 heteroatoms. The molecule has 128 valence electrons. The Bertz CT molecular complexity index is 833. The van der Waals surface area contributed by atoms with Crippen molar-refractivity contribution < 1.29 is 9.59 Å². The van der Waals surface area contributed by atoms with Gasteiger partial charge in [-0.15, -0.1) is 0 Å². The minimum atomic E-state index is -0.145. The number of carbonyl (C=O) groups is 2. The normalized spacial score (nSPS) is 21.1. The van der Waals surface area contributed by atoms with Crippen LogP contribution in [-0.2, 0) is 11.2 Å². The summed E-state index contributed by atoms with van der Waals surface area (Å²) >= 11 is 0. The van der Waals surface area contributed by atoms with E-state index in [-0.39, 0.29) is 23.6 Å². The molecule has 1 spiro atoms. The molecule has 1 aliphatic heterocycles. The molecule has 1 aromatic heterocycles. The van der Waals surface area contributed by atoms with Crippen LogP contribution in [0.2, 0.25) is 0 Å². The van der Waals surface area contributed by atoms with E-state index in [9.17, 15) is 14.9 Å². The highest BCUT2D eigenvalue weighted by atomic mass is 16.1. The Hall–Kier alpha value is -2.48. The second-order valence-electron chi connectivity index (χ2n) is 7.43. The maximum absolute atomic E-state index is 12.5. The zero-order chi connectivity index (χ0) is 17.6. The van der Waals surface area contributed by atoms with Crippen molar-refractivity contribution in [3.8, 4) is 6.07 Å². The minimum absolute atomic E-state index is 0.0202. The van der Waals surface area contributed by atoms with Crippen LogP contribution in [0.15, 0.2) is 17.8 Å². The lowest BCUT2D eigenvalue weighted by Crippen LogP contribution is -2.36. The molecule has 4 rings (SSSR count). The van der Waals surface area contributed by atoms with E-state index in [1.165, 1.54) is 12.8 Å². The Kier molecular flexibility index (Phi) is 3.72. The third kappa shape index (κ3) is 2.66. The lowest BCUT2D eigenvalue weighted by Gasteiger charge is -2.37. The Morgan fingerprint density at radius 3 is 2.64 bits per heavy atom. The average molecular weight is 335 g/mol. The number of allylic oxidation sites excluding steroid dienone is 1. The number of ketones is 2. The third-order valence-corrected chi connectivity index (χ3v) is 5.92. The monoisotopic (exact) mass is 335 g/mol. The Balaban J connectivity index is 1.78. The molecular weight excluding hydrogens is 314 g/mol. The summed E-state index contributed by atoms with van der Waals surface area (Å²) in [4.78, 5) is 30.9. The van der Waals surface area contributed by atoms with Gasteiger partial charge in [0.25, 0.3) is 0 Å². The lowest BCUT2D eigenvalue weighted by atomic mass is 9.86. The summed E-state index contributed by atoms with van der Waals surface area (Å²) in [6, 6.07) is 3.90. The van der Waals surface area contributed by atoms with Crippen molar-refractivity contribution in [1.82, 2.24) is 9.88 Å². The highest BCUT2D eigenvalue weighted by Crippen LogP contribution is 2.54. The van der Waals surface area contributed by atoms with Gasteiger partial charge in [-0.3, -0.25) is 14.6 Å². The molecule has 0 unspecified atom stereocenters. The van der Waals surface area contributed by atoms with E-state index in [1.54, 1.807) is 12.3 Å². The van der Waals surface area contributed by atoms with Gasteiger partial charge in [0.15, 0.2) is 11.6 Å². The molecule has 1 aromatic rings. The van der Waals surface area contributed by atoms with E-state index in [4.69, 9.17) is 0 Å². The minimum Gasteiger partial charge on any atom is -0.370 e. The van der Waals surface area contributed by atoms with Crippen molar-refractivity contribution in [3.63, 3.8) is 0 Å². The van der Waals surface area contributed by atoms with Gasteiger partial charge in [0, 0.05) is 37.7 Å². The first kappa shape index (κ1) is 16.0. The number of aromatic nitrogens is 1. The van der Waals surface area contributed by atoms with Gasteiger partial charge in [-0.1, -0.05) is 6.92 Å². The standard InChI is InChI=1S/C20H21N3O2/c1-2-17(24)16-10-14-13(12-22-16)9-18(25)15(11-21)19(14)23-7-5-20(3-4-20)6-8-23/h10,12H,2-9H2,1H3. The zero-order valence-corrected chi connectivity index (χ0v) is 14.5. The number of hydrogen-bond donors (Lipinski definition) is 0. The summed E-state index contributed by atoms with van der Waals surface area (Å²) in [5.74, 6) is -0.166. The number of hydrogen-bond acceptors (Lipinski definition) is 5. The van der Waals surface area contributed by atoms with Gasteiger partial charge in [0.1, 0.15) is 17.3 Å². The number of nitriles is 1. The number of likely N-dealkylation sites (tertiary alicyclic amines) is 1. The van der Waals surface area contributed by atoms with Gasteiger partial charge in [-0.05, 0) is 42.7 Å². The van der Waals surface area contributed by atoms with E-state index in [2.05, 4.69) is 16.0 Å². The van der Waals surface area contributed by atoms with Gasteiger partial charge in [-0.25, -0.2) is 0 Å². The van der Waals surface area contributed by atoms with Crippen molar-refractivity contribution in [1.29, 1.82) is 5.26 Å². The molecule has 1 saturated carbocycles. The number of pyridine rings is 1. The van der Waals surface area contributed by atoms with Gasteiger partial charge < -0.3 is 4.90 Å². The summed E-state index contributed by atoms with van der Waals surface area (Å²) in [6.45, 7) is 3.55. The molecule has 5 nitrogen and oxygen atoms in total. The summed E-state index contributed by atoms with van der Waals surface area (Å²) < 4.78 is 0. The topological polar surface area (TPSA) is 74.1 Å². The van der Waals surface area contributed by atoms with E-state index in [0.29, 0.717) is 17.5 Å². The van der Waals surface area contributed by atoms with Crippen molar-refractivity contribution in [3.05, 3.63) is 34.7 Å². The lowest BCUT2D eigenvalue weighted by molar-refractivity contribution is -0.114. The van der Waals surface area contributed by atoms with Crippen LogP contribution in [0.25, 0.3) is 5.70 Å². The van der Waals surface area contributed by atoms with Gasteiger partial charge in [0.05, 0.1) is 5.70 Å². The van der Waals surface area contributed by atoms with Crippen LogP contribution in [0, 0.1) is 16.7 Å². The number of fused-ring (bicyclic) bond motifs is 1. The summed E-state index contributed by atoms with van der Waals surface area (Å²) in [5.41, 5.74) is 3.55. The van der Waals surface area contributed by atoms with Crippen LogP contribution in [0.5, 0.6) is 0 Å². The van der Waals surface area contributed by atoms with Crippen LogP contribution < -0.4 is 0 Å². The van der Waals surface area contributed by atoms with E-state index < -0.39 is 0 Å². The number of piperidine rings is 1. The fourth-order valence-corrected chi connectivity index (χ4v) is 4.03. The quantitative estimate of drug-likeness (QED) is 0.794. The summed E-state index contributed by atoms with van der Waals surface area (Å²) in [6.07, 6.45) is 7.05. The molecule has 0 bridgehead atoms. The Labute approximate surface area is 147 Å². The molecule has 3 aliphatic rings. The molecule has 0 aromatic carbocycles. The molecule has 0 amide bonds. The second kappa shape index (κ2) is 5.80. The van der Waals surface area contributed by atoms with Crippen LogP contribution >= 0.6 is 0 Å². The molecule has 0 radical (unpaired) electrons. The van der Waals surface area contributed by atoms with Crippen molar-refractivity contribution in [2.75, 3.05) is 13.1 Å². The SMILES string of the molecule is CCC(=O)c1cc2c(cn1)CC(=O)C(C#N)=C2N1CCC2(CC1)CC2. The molecule has 0 N–H and O–H groups in total. The van der Waals surface area contributed by atoms with Gasteiger partial charge in [0.2, 0.25) is 0 Å². The molecule has 1 saturated heterocycles. The number of rotatable bonds is 3. The largest absolute Gasteiger partial charge is 0.370 e. The van der Waals surface area contributed by atoms with E-state index in [0.717, 1.165) is 42.8 Å². The van der Waals surface area contributed by atoms with Gasteiger partial charge in [-0.2, -0.15) is 5.26 Å². The first-order chi connectivity index (χ1) is 12.1. The van der Waals surface area contributed by atoms with Crippen LogP contribution in [0.3, 0.4) is 0 Å². The highest BCUT2D eigenvalue weighted by Gasteiger charge is 2.45. The molecular formula is C20H21N3O2. The Morgan fingerprint density at radius 1 is 1.32 bits per heavy atom. The summed E-state index contributed by atoms with van der Waals surface area (Å²) in [7, 11) is 0. The number of Topliss-reactive ketones (excluding diaryl/α,β-unsaturated/α-hetero) is 2. The smallest absolute Gasteiger partial charge is 0.180 e. The van der Waals surface area contributed by atoms with E-state index >= 15 is 0 Å². The Morgan fingerprint density at radius 2 is 2.04 bits per heavy atom. The first-order valence-corrected chi connectivity index (χ1v) is 9.02. The first-order valence-electron chi connectivity index (χ1n) is 9.02. The van der Waals surface area contributed by atoms with Crippen molar-refractivity contribution in [2.24, 2.45) is 5.41 Å². The third-order valence-electron chi connectivity index (χ3n) is 5.92. The second-order valence-corrected chi connectivity index (χ2v) is 7.43. The molecule has 2 aliphatic carbocycles. The fraction of sp³-hybridized carbons (Fsp3) is 0.500. The fourth-order valence-electron chi connectivity index (χ4n) is 4.03.